The Morgan fingerprint density at radius 1 is 1.07 bits per heavy atom. The highest BCUT2D eigenvalue weighted by Gasteiger charge is 2.45. The highest BCUT2D eigenvalue weighted by Crippen LogP contribution is 2.45. The van der Waals surface area contributed by atoms with Gasteiger partial charge in [0.25, 0.3) is 0 Å². The van der Waals surface area contributed by atoms with E-state index in [1.54, 1.807) is 13.0 Å². The van der Waals surface area contributed by atoms with Gasteiger partial charge in [0.05, 0.1) is 24.9 Å². The van der Waals surface area contributed by atoms with Gasteiger partial charge in [-0.15, -0.1) is 0 Å². The first kappa shape index (κ1) is 22.7. The molecule has 5 unspecified atom stereocenters. The molecule has 1 aliphatic carbocycles. The molecule has 27 heavy (non-hydrogen) atoms. The molecule has 1 saturated heterocycles. The number of rotatable bonds is 5. The first-order valence-corrected chi connectivity index (χ1v) is 9.50. The Morgan fingerprint density at radius 2 is 1.70 bits per heavy atom. The van der Waals surface area contributed by atoms with E-state index in [0.29, 0.717) is 6.42 Å². The van der Waals surface area contributed by atoms with Crippen LogP contribution >= 0.6 is 0 Å². The third-order valence-corrected chi connectivity index (χ3v) is 5.92. The largest absolute Gasteiger partial charge is 0.394 e. The fourth-order valence-electron chi connectivity index (χ4n) is 4.22. The van der Waals surface area contributed by atoms with Crippen LogP contribution in [0.3, 0.4) is 0 Å². The highest BCUT2D eigenvalue weighted by molar-refractivity contribution is 5.06. The zero-order chi connectivity index (χ0) is 20.5. The first-order valence-electron chi connectivity index (χ1n) is 9.50. The van der Waals surface area contributed by atoms with Crippen molar-refractivity contribution in [2.75, 3.05) is 6.61 Å². The fourth-order valence-corrected chi connectivity index (χ4v) is 4.22. The summed E-state index contributed by atoms with van der Waals surface area (Å²) in [6.07, 6.45) is -4.38. The molecule has 8 nitrogen and oxygen atoms in total. The molecule has 2 rings (SSSR count). The normalized spacial score (nSPS) is 46.5. The van der Waals surface area contributed by atoms with Crippen LogP contribution < -0.4 is 0 Å². The van der Waals surface area contributed by atoms with E-state index < -0.39 is 55.6 Å². The molecule has 0 amide bonds. The summed E-state index contributed by atoms with van der Waals surface area (Å²) in [7, 11) is 0. The summed E-state index contributed by atoms with van der Waals surface area (Å²) in [4.78, 5) is 0. The van der Waals surface area contributed by atoms with Crippen LogP contribution in [0.5, 0.6) is 0 Å². The number of allylic oxidation sites excluding steroid dienone is 1. The molecule has 0 aromatic heterocycles. The molecule has 1 heterocycles. The Labute approximate surface area is 160 Å². The number of ether oxygens (including phenoxy) is 2. The van der Waals surface area contributed by atoms with E-state index in [1.165, 1.54) is 0 Å². The van der Waals surface area contributed by atoms with Gasteiger partial charge in [-0.3, -0.25) is 0 Å². The first-order chi connectivity index (χ1) is 12.5. The third-order valence-electron chi connectivity index (χ3n) is 5.92. The van der Waals surface area contributed by atoms with E-state index in [0.717, 1.165) is 0 Å². The lowest BCUT2D eigenvalue weighted by Crippen LogP contribution is -2.59. The lowest BCUT2D eigenvalue weighted by atomic mass is 9.62. The number of aliphatic hydroxyl groups excluding tert-OH is 6. The summed E-state index contributed by atoms with van der Waals surface area (Å²) >= 11 is 0. The van der Waals surface area contributed by atoms with Crippen molar-refractivity contribution in [1.82, 2.24) is 0 Å². The van der Waals surface area contributed by atoms with Gasteiger partial charge >= 0.3 is 0 Å². The molecule has 0 aromatic carbocycles. The molecule has 158 valence electrons. The maximum absolute atomic E-state index is 10.2. The second kappa shape index (κ2) is 8.84. The van der Waals surface area contributed by atoms with E-state index in [1.807, 2.05) is 26.8 Å². The molecule has 6 N–H and O–H groups in total. The summed E-state index contributed by atoms with van der Waals surface area (Å²) < 4.78 is 11.0. The molecule has 0 radical (unpaired) electrons. The van der Waals surface area contributed by atoms with Crippen molar-refractivity contribution in [3.05, 3.63) is 12.2 Å². The number of hydrogen-bond donors (Lipinski definition) is 6. The predicted molar refractivity (Wildman–Crippen MR) is 96.5 cm³/mol. The number of aliphatic hydroxyl groups is 6. The minimum absolute atomic E-state index is 0.0109. The average Bonchev–Trinajstić information content (AvgIpc) is 2.59. The Bertz CT molecular complexity index is 508. The summed E-state index contributed by atoms with van der Waals surface area (Å²) in [5.74, 6) is -0.129. The van der Waals surface area contributed by atoms with Crippen molar-refractivity contribution in [3.63, 3.8) is 0 Å². The van der Waals surface area contributed by atoms with Crippen molar-refractivity contribution in [2.45, 2.75) is 83.1 Å². The van der Waals surface area contributed by atoms with Crippen LogP contribution in [-0.4, -0.2) is 86.3 Å². The Balaban J connectivity index is 2.02. The second-order valence-corrected chi connectivity index (χ2v) is 8.56. The molecule has 0 bridgehead atoms. The lowest BCUT2D eigenvalue weighted by Gasteiger charge is -2.46. The smallest absolute Gasteiger partial charge is 0.187 e. The maximum atomic E-state index is 10.2. The van der Waals surface area contributed by atoms with Crippen LogP contribution in [0, 0.1) is 17.3 Å². The molecule has 1 aliphatic heterocycles. The predicted octanol–water partition coefficient (Wildman–Crippen LogP) is -0.848. The van der Waals surface area contributed by atoms with Gasteiger partial charge in [-0.05, 0) is 30.6 Å². The molecule has 0 aromatic rings. The standard InChI is InChI=1S/C19H34O8/c1-9(26-18-17(25)16(24)15(23)13(8-20)27-18)5-6-11-10(2)14(22)12(21)7-19(11,3)4/h5-6,9-18,20-25H,7-8H2,1-4H3/t9?,10?,11?,12?,13-,14?,15-,16+,17-,18-/m1/s1. The van der Waals surface area contributed by atoms with Gasteiger partial charge in [0.2, 0.25) is 0 Å². The third kappa shape index (κ3) is 4.89. The molecule has 0 spiro atoms. The Kier molecular flexibility index (Phi) is 7.43. The topological polar surface area (TPSA) is 140 Å². The van der Waals surface area contributed by atoms with E-state index in [-0.39, 0.29) is 17.3 Å². The monoisotopic (exact) mass is 390 g/mol. The van der Waals surface area contributed by atoms with Crippen molar-refractivity contribution in [1.29, 1.82) is 0 Å². The minimum atomic E-state index is -1.48. The quantitative estimate of drug-likeness (QED) is 0.334. The molecule has 1 saturated carbocycles. The van der Waals surface area contributed by atoms with Gasteiger partial charge in [-0.1, -0.05) is 32.9 Å². The van der Waals surface area contributed by atoms with E-state index in [2.05, 4.69) is 0 Å². The molecule has 8 heteroatoms. The van der Waals surface area contributed by atoms with Crippen LogP contribution in [0.4, 0.5) is 0 Å². The fraction of sp³-hybridized carbons (Fsp3) is 0.895. The maximum Gasteiger partial charge on any atom is 0.187 e. The molecular weight excluding hydrogens is 356 g/mol. The van der Waals surface area contributed by atoms with E-state index in [9.17, 15) is 30.6 Å². The van der Waals surface area contributed by atoms with Gasteiger partial charge in [0, 0.05) is 0 Å². The summed E-state index contributed by atoms with van der Waals surface area (Å²) in [6, 6.07) is 0. The minimum Gasteiger partial charge on any atom is -0.394 e. The van der Waals surface area contributed by atoms with Gasteiger partial charge in [-0.2, -0.15) is 0 Å². The van der Waals surface area contributed by atoms with Gasteiger partial charge in [0.15, 0.2) is 6.29 Å². The molecule has 2 fully saturated rings. The van der Waals surface area contributed by atoms with Crippen LogP contribution in [0.2, 0.25) is 0 Å². The van der Waals surface area contributed by atoms with Crippen LogP contribution in [0.1, 0.15) is 34.1 Å². The van der Waals surface area contributed by atoms with E-state index in [4.69, 9.17) is 9.47 Å². The van der Waals surface area contributed by atoms with Crippen molar-refractivity contribution < 1.29 is 40.1 Å². The summed E-state index contributed by atoms with van der Waals surface area (Å²) in [5, 5.41) is 59.1. The summed E-state index contributed by atoms with van der Waals surface area (Å²) in [5.41, 5.74) is -0.211. The molecule has 2 aliphatic rings. The molecular formula is C19H34O8. The van der Waals surface area contributed by atoms with E-state index >= 15 is 0 Å². The second-order valence-electron chi connectivity index (χ2n) is 8.56. The van der Waals surface area contributed by atoms with Crippen molar-refractivity contribution in [2.24, 2.45) is 17.3 Å². The molecule has 10 atom stereocenters. The SMILES string of the molecule is CC(C=CC1C(C)C(O)C(O)CC1(C)C)O[C@@H]1O[C@H](CO)[C@@H](O)[C@H](O)[C@H]1O. The Hall–Kier alpha value is -0.580. The van der Waals surface area contributed by atoms with Crippen LogP contribution in [-0.2, 0) is 9.47 Å². The zero-order valence-corrected chi connectivity index (χ0v) is 16.3. The van der Waals surface area contributed by atoms with Crippen LogP contribution in [0.25, 0.3) is 0 Å². The Morgan fingerprint density at radius 3 is 2.30 bits per heavy atom. The summed E-state index contributed by atoms with van der Waals surface area (Å²) in [6.45, 7) is 7.20. The van der Waals surface area contributed by atoms with Gasteiger partial charge in [0.1, 0.15) is 24.4 Å². The highest BCUT2D eigenvalue weighted by atomic mass is 16.7. The van der Waals surface area contributed by atoms with Gasteiger partial charge < -0.3 is 40.1 Å². The lowest BCUT2D eigenvalue weighted by molar-refractivity contribution is -0.306. The van der Waals surface area contributed by atoms with Crippen LogP contribution in [0.15, 0.2) is 12.2 Å². The van der Waals surface area contributed by atoms with Crippen molar-refractivity contribution >= 4 is 0 Å². The van der Waals surface area contributed by atoms with Gasteiger partial charge in [-0.25, -0.2) is 0 Å². The van der Waals surface area contributed by atoms with Crippen molar-refractivity contribution in [3.8, 4) is 0 Å². The zero-order valence-electron chi connectivity index (χ0n) is 16.3. The number of hydrogen-bond acceptors (Lipinski definition) is 8. The average molecular weight is 390 g/mol.